The molecule has 2 rings (SSSR count). The van der Waals surface area contributed by atoms with Crippen molar-refractivity contribution >= 4 is 17.5 Å². The molecule has 1 aliphatic heterocycles. The quantitative estimate of drug-likeness (QED) is 0.676. The van der Waals surface area contributed by atoms with E-state index in [4.69, 9.17) is 0 Å². The number of hydrogen-bond acceptors (Lipinski definition) is 3. The lowest BCUT2D eigenvalue weighted by Crippen LogP contribution is -2.33. The predicted molar refractivity (Wildman–Crippen MR) is 78.4 cm³/mol. The number of carbonyl (C=O) groups excluding carboxylic acids is 2. The zero-order chi connectivity index (χ0) is 14.4. The number of carbonyl (C=O) groups is 2. The molecule has 0 spiro atoms. The van der Waals surface area contributed by atoms with Crippen LogP contribution in [0.15, 0.2) is 24.3 Å². The van der Waals surface area contributed by atoms with E-state index in [1.165, 1.54) is 0 Å². The van der Waals surface area contributed by atoms with Crippen molar-refractivity contribution in [1.29, 1.82) is 0 Å². The van der Waals surface area contributed by atoms with Crippen LogP contribution in [0, 0.1) is 5.92 Å². The average molecular weight is 275 g/mol. The maximum atomic E-state index is 12.0. The molecular formula is C15H21N3O2. The molecule has 20 heavy (non-hydrogen) atoms. The Bertz CT molecular complexity index is 488. The number of anilines is 1. The molecule has 0 bridgehead atoms. The summed E-state index contributed by atoms with van der Waals surface area (Å²) < 4.78 is 0. The number of fused-ring (bicyclic) bond motifs is 1. The van der Waals surface area contributed by atoms with E-state index in [1.807, 2.05) is 31.3 Å². The Morgan fingerprint density at radius 2 is 2.15 bits per heavy atom. The van der Waals surface area contributed by atoms with Crippen LogP contribution < -0.4 is 16.0 Å². The van der Waals surface area contributed by atoms with Gasteiger partial charge >= 0.3 is 0 Å². The number of para-hydroxylation sites is 1. The van der Waals surface area contributed by atoms with Crippen LogP contribution in [0.4, 0.5) is 5.69 Å². The fourth-order valence-corrected chi connectivity index (χ4v) is 2.37. The fraction of sp³-hybridized carbons (Fsp3) is 0.467. The van der Waals surface area contributed by atoms with Crippen LogP contribution in [0.25, 0.3) is 0 Å². The molecule has 1 aromatic carbocycles. The van der Waals surface area contributed by atoms with Crippen molar-refractivity contribution in [3.05, 3.63) is 29.8 Å². The molecule has 5 heteroatoms. The lowest BCUT2D eigenvalue weighted by atomic mass is 9.89. The first-order valence-electron chi connectivity index (χ1n) is 7.00. The predicted octanol–water partition coefficient (Wildman–Crippen LogP) is 0.913. The number of benzene rings is 1. The molecule has 0 aliphatic carbocycles. The molecule has 0 saturated heterocycles. The lowest BCUT2D eigenvalue weighted by Gasteiger charge is -2.24. The highest BCUT2D eigenvalue weighted by Gasteiger charge is 2.25. The first-order valence-corrected chi connectivity index (χ1v) is 7.00. The second kappa shape index (κ2) is 7.05. The highest BCUT2D eigenvalue weighted by molar-refractivity contribution is 5.96. The summed E-state index contributed by atoms with van der Waals surface area (Å²) in [5.74, 6) is -0.0846. The zero-order valence-electron chi connectivity index (χ0n) is 11.7. The van der Waals surface area contributed by atoms with Crippen molar-refractivity contribution in [2.24, 2.45) is 5.92 Å². The van der Waals surface area contributed by atoms with Gasteiger partial charge < -0.3 is 16.0 Å². The normalized spacial score (nSPS) is 17.2. The molecule has 0 radical (unpaired) electrons. The van der Waals surface area contributed by atoms with Crippen molar-refractivity contribution in [3.63, 3.8) is 0 Å². The van der Waals surface area contributed by atoms with E-state index in [0.717, 1.165) is 17.8 Å². The van der Waals surface area contributed by atoms with Crippen LogP contribution in [-0.2, 0) is 16.0 Å². The van der Waals surface area contributed by atoms with Gasteiger partial charge in [-0.15, -0.1) is 0 Å². The number of likely N-dealkylation sites (N-methyl/N-ethyl adjacent to an activating group) is 1. The van der Waals surface area contributed by atoms with Gasteiger partial charge in [0.25, 0.3) is 0 Å². The second-order valence-electron chi connectivity index (χ2n) is 5.04. The summed E-state index contributed by atoms with van der Waals surface area (Å²) in [6.45, 7) is 1.37. The third kappa shape index (κ3) is 3.81. The van der Waals surface area contributed by atoms with Gasteiger partial charge in [0.05, 0.1) is 0 Å². The van der Waals surface area contributed by atoms with Gasteiger partial charge in [-0.3, -0.25) is 9.59 Å². The third-order valence-electron chi connectivity index (χ3n) is 3.53. The monoisotopic (exact) mass is 275 g/mol. The van der Waals surface area contributed by atoms with E-state index < -0.39 is 0 Å². The zero-order valence-corrected chi connectivity index (χ0v) is 11.7. The van der Waals surface area contributed by atoms with Crippen LogP contribution in [-0.4, -0.2) is 32.0 Å². The van der Waals surface area contributed by atoms with Crippen molar-refractivity contribution in [2.75, 3.05) is 25.5 Å². The minimum atomic E-state index is -0.111. The van der Waals surface area contributed by atoms with Gasteiger partial charge in [-0.25, -0.2) is 0 Å². The summed E-state index contributed by atoms with van der Waals surface area (Å²) in [4.78, 5) is 23.6. The Labute approximate surface area is 119 Å². The average Bonchev–Trinajstić information content (AvgIpc) is 2.45. The van der Waals surface area contributed by atoms with Gasteiger partial charge in [0, 0.05) is 31.1 Å². The van der Waals surface area contributed by atoms with Crippen molar-refractivity contribution in [2.45, 2.75) is 19.3 Å². The largest absolute Gasteiger partial charge is 0.355 e. The number of nitrogens with one attached hydrogen (secondary N) is 3. The fourth-order valence-electron chi connectivity index (χ4n) is 2.37. The smallest absolute Gasteiger partial charge is 0.227 e. The molecule has 1 aromatic rings. The Kier molecular flexibility index (Phi) is 5.12. The Hall–Kier alpha value is -1.88. The summed E-state index contributed by atoms with van der Waals surface area (Å²) in [5.41, 5.74) is 2.04. The highest BCUT2D eigenvalue weighted by Crippen LogP contribution is 2.27. The maximum absolute atomic E-state index is 12.0. The molecule has 0 saturated carbocycles. The van der Waals surface area contributed by atoms with Crippen molar-refractivity contribution in [1.82, 2.24) is 10.6 Å². The number of rotatable bonds is 6. The van der Waals surface area contributed by atoms with Crippen LogP contribution in [0.3, 0.4) is 0 Å². The van der Waals surface area contributed by atoms with Gasteiger partial charge in [-0.1, -0.05) is 18.2 Å². The van der Waals surface area contributed by atoms with Crippen LogP contribution in [0.1, 0.15) is 18.4 Å². The van der Waals surface area contributed by atoms with E-state index in [0.29, 0.717) is 25.8 Å². The minimum absolute atomic E-state index is 0.00640. The van der Waals surface area contributed by atoms with E-state index in [1.54, 1.807) is 0 Å². The molecule has 3 N–H and O–H groups in total. The van der Waals surface area contributed by atoms with E-state index >= 15 is 0 Å². The molecule has 1 unspecified atom stereocenters. The maximum Gasteiger partial charge on any atom is 0.227 e. The molecule has 0 fully saturated rings. The second-order valence-corrected chi connectivity index (χ2v) is 5.04. The first-order chi connectivity index (χ1) is 9.70. The summed E-state index contributed by atoms with van der Waals surface area (Å²) in [6, 6.07) is 7.81. The van der Waals surface area contributed by atoms with Gasteiger partial charge in [-0.2, -0.15) is 0 Å². The van der Waals surface area contributed by atoms with Crippen molar-refractivity contribution in [3.8, 4) is 0 Å². The van der Waals surface area contributed by atoms with Crippen LogP contribution in [0.5, 0.6) is 0 Å². The summed E-state index contributed by atoms with van der Waals surface area (Å²) in [7, 11) is 1.84. The Morgan fingerprint density at radius 1 is 1.35 bits per heavy atom. The highest BCUT2D eigenvalue weighted by atomic mass is 16.2. The van der Waals surface area contributed by atoms with Crippen LogP contribution >= 0.6 is 0 Å². The summed E-state index contributed by atoms with van der Waals surface area (Å²) >= 11 is 0. The Morgan fingerprint density at radius 3 is 2.95 bits per heavy atom. The molecule has 0 aromatic heterocycles. The molecule has 5 nitrogen and oxygen atoms in total. The lowest BCUT2D eigenvalue weighted by molar-refractivity contribution is -0.122. The molecule has 108 valence electrons. The standard InChI is InChI=1S/C15H21N3O2/c1-16-8-9-17-14(19)7-6-12-10-11-4-2-3-5-13(11)18-15(12)20/h2-5,12,16H,6-10H2,1H3,(H,17,19)(H,18,20). The van der Waals surface area contributed by atoms with E-state index in [9.17, 15) is 9.59 Å². The topological polar surface area (TPSA) is 70.2 Å². The Balaban J connectivity index is 1.82. The minimum Gasteiger partial charge on any atom is -0.355 e. The van der Waals surface area contributed by atoms with Gasteiger partial charge in [-0.05, 0) is 31.5 Å². The number of hydrogen-bond donors (Lipinski definition) is 3. The van der Waals surface area contributed by atoms with E-state index in [-0.39, 0.29) is 17.7 Å². The van der Waals surface area contributed by atoms with Gasteiger partial charge in [0.15, 0.2) is 0 Å². The molecule has 1 atom stereocenters. The van der Waals surface area contributed by atoms with Gasteiger partial charge in [0.2, 0.25) is 11.8 Å². The molecular weight excluding hydrogens is 254 g/mol. The summed E-state index contributed by atoms with van der Waals surface area (Å²) in [6.07, 6.45) is 1.70. The first kappa shape index (κ1) is 14.5. The molecule has 1 aliphatic rings. The van der Waals surface area contributed by atoms with Crippen molar-refractivity contribution < 1.29 is 9.59 Å². The van der Waals surface area contributed by atoms with Gasteiger partial charge in [0.1, 0.15) is 0 Å². The third-order valence-corrected chi connectivity index (χ3v) is 3.53. The number of amides is 2. The van der Waals surface area contributed by atoms with E-state index in [2.05, 4.69) is 16.0 Å². The van der Waals surface area contributed by atoms with Crippen LogP contribution in [0.2, 0.25) is 0 Å². The summed E-state index contributed by atoms with van der Waals surface area (Å²) in [5, 5.41) is 8.70. The SMILES string of the molecule is CNCCNC(=O)CCC1Cc2ccccc2NC1=O. The molecule has 2 amide bonds. The molecule has 1 heterocycles.